The molecule has 0 saturated heterocycles. The molecule has 3 nitrogen and oxygen atoms in total. The fourth-order valence-corrected chi connectivity index (χ4v) is 2.63. The molecule has 2 atom stereocenters. The van der Waals surface area contributed by atoms with Crippen molar-refractivity contribution in [2.24, 2.45) is 0 Å². The molecule has 2 N–H and O–H groups in total. The smallest absolute Gasteiger partial charge is 0.0705 e. The van der Waals surface area contributed by atoms with Gasteiger partial charge in [0.25, 0.3) is 0 Å². The number of hydrogen-bond donors (Lipinski definition) is 2. The van der Waals surface area contributed by atoms with Crippen LogP contribution in [-0.2, 0) is 16.7 Å². The Morgan fingerprint density at radius 2 is 1.64 bits per heavy atom. The SMILES string of the molecule is COCC(C)(NCC(O)Cc1ccccc1)c1ccccc1. The molecular weight excluding hydrogens is 274 g/mol. The van der Waals surface area contributed by atoms with Crippen LogP contribution in [0.4, 0.5) is 0 Å². The summed E-state index contributed by atoms with van der Waals surface area (Å²) in [6.45, 7) is 3.17. The number of aliphatic hydroxyl groups excluding tert-OH is 1. The van der Waals surface area contributed by atoms with Crippen LogP contribution in [0, 0.1) is 0 Å². The minimum atomic E-state index is -0.428. The van der Waals surface area contributed by atoms with E-state index in [0.29, 0.717) is 19.6 Å². The van der Waals surface area contributed by atoms with Crippen molar-refractivity contribution in [1.82, 2.24) is 5.32 Å². The Bertz CT molecular complexity index is 544. The fourth-order valence-electron chi connectivity index (χ4n) is 2.63. The van der Waals surface area contributed by atoms with E-state index in [1.54, 1.807) is 7.11 Å². The van der Waals surface area contributed by atoms with Gasteiger partial charge in [-0.05, 0) is 24.5 Å². The van der Waals surface area contributed by atoms with Crippen molar-refractivity contribution < 1.29 is 9.84 Å². The number of aliphatic hydroxyl groups is 1. The second kappa shape index (κ2) is 8.08. The molecule has 0 aliphatic rings. The first-order valence-corrected chi connectivity index (χ1v) is 7.65. The predicted octanol–water partition coefficient (Wildman–Crippen LogP) is 2.74. The van der Waals surface area contributed by atoms with Gasteiger partial charge in [0.15, 0.2) is 0 Å². The highest BCUT2D eigenvalue weighted by atomic mass is 16.5. The third-order valence-electron chi connectivity index (χ3n) is 3.89. The van der Waals surface area contributed by atoms with Crippen LogP contribution in [0.15, 0.2) is 60.7 Å². The van der Waals surface area contributed by atoms with Crippen LogP contribution in [0.25, 0.3) is 0 Å². The van der Waals surface area contributed by atoms with E-state index in [4.69, 9.17) is 4.74 Å². The summed E-state index contributed by atoms with van der Waals surface area (Å²) in [7, 11) is 1.70. The summed E-state index contributed by atoms with van der Waals surface area (Å²) in [6.07, 6.45) is 0.216. The third-order valence-corrected chi connectivity index (χ3v) is 3.89. The highest BCUT2D eigenvalue weighted by Gasteiger charge is 2.26. The minimum Gasteiger partial charge on any atom is -0.391 e. The number of rotatable bonds is 8. The molecule has 3 heteroatoms. The van der Waals surface area contributed by atoms with Crippen molar-refractivity contribution in [3.05, 3.63) is 71.8 Å². The van der Waals surface area contributed by atoms with E-state index in [1.807, 2.05) is 48.5 Å². The molecule has 22 heavy (non-hydrogen) atoms. The van der Waals surface area contributed by atoms with E-state index in [1.165, 1.54) is 0 Å². The van der Waals surface area contributed by atoms with Gasteiger partial charge in [-0.25, -0.2) is 0 Å². The van der Waals surface area contributed by atoms with E-state index in [9.17, 15) is 5.11 Å². The van der Waals surface area contributed by atoms with Gasteiger partial charge in [-0.2, -0.15) is 0 Å². The van der Waals surface area contributed by atoms with Crippen molar-refractivity contribution in [1.29, 1.82) is 0 Å². The summed E-state index contributed by atoms with van der Waals surface area (Å²) in [5.74, 6) is 0. The summed E-state index contributed by atoms with van der Waals surface area (Å²) in [6, 6.07) is 20.2. The second-order valence-corrected chi connectivity index (χ2v) is 5.86. The lowest BCUT2D eigenvalue weighted by molar-refractivity contribution is 0.0980. The molecule has 118 valence electrons. The summed E-state index contributed by atoms with van der Waals surface area (Å²) < 4.78 is 5.37. The quantitative estimate of drug-likeness (QED) is 0.787. The van der Waals surface area contributed by atoms with Gasteiger partial charge in [0.1, 0.15) is 0 Å². The average Bonchev–Trinajstić information content (AvgIpc) is 2.55. The molecular formula is C19H25NO2. The minimum absolute atomic E-state index is 0.312. The highest BCUT2D eigenvalue weighted by molar-refractivity contribution is 5.24. The summed E-state index contributed by atoms with van der Waals surface area (Å²) in [5.41, 5.74) is 1.99. The maximum absolute atomic E-state index is 10.3. The molecule has 0 saturated carbocycles. The summed E-state index contributed by atoms with van der Waals surface area (Å²) in [5, 5.41) is 13.7. The maximum Gasteiger partial charge on any atom is 0.0705 e. The first-order chi connectivity index (χ1) is 10.6. The number of benzene rings is 2. The Hall–Kier alpha value is -1.68. The first kappa shape index (κ1) is 16.7. The standard InChI is InChI=1S/C19H25NO2/c1-19(15-22-2,17-11-7-4-8-12-17)20-14-18(21)13-16-9-5-3-6-10-16/h3-12,18,20-21H,13-15H2,1-2H3. The molecule has 2 aromatic carbocycles. The molecule has 0 spiro atoms. The molecule has 0 fully saturated rings. The monoisotopic (exact) mass is 299 g/mol. The van der Waals surface area contributed by atoms with Crippen LogP contribution >= 0.6 is 0 Å². The number of nitrogens with one attached hydrogen (secondary N) is 1. The summed E-state index contributed by atoms with van der Waals surface area (Å²) >= 11 is 0. The predicted molar refractivity (Wildman–Crippen MR) is 89.8 cm³/mol. The van der Waals surface area contributed by atoms with Gasteiger partial charge in [0, 0.05) is 13.7 Å². The molecule has 2 rings (SSSR count). The van der Waals surface area contributed by atoms with E-state index in [-0.39, 0.29) is 5.54 Å². The van der Waals surface area contributed by atoms with Crippen molar-refractivity contribution in [2.45, 2.75) is 25.0 Å². The Labute approximate surface area is 133 Å². The van der Waals surface area contributed by atoms with Crippen molar-refractivity contribution in [3.8, 4) is 0 Å². The second-order valence-electron chi connectivity index (χ2n) is 5.86. The largest absolute Gasteiger partial charge is 0.391 e. The van der Waals surface area contributed by atoms with Crippen LogP contribution < -0.4 is 5.32 Å². The topological polar surface area (TPSA) is 41.5 Å². The van der Waals surface area contributed by atoms with E-state index < -0.39 is 6.10 Å². The molecule has 2 unspecified atom stereocenters. The van der Waals surface area contributed by atoms with Gasteiger partial charge in [0.2, 0.25) is 0 Å². The van der Waals surface area contributed by atoms with Crippen LogP contribution in [0.2, 0.25) is 0 Å². The van der Waals surface area contributed by atoms with E-state index in [0.717, 1.165) is 11.1 Å². The van der Waals surface area contributed by atoms with Crippen molar-refractivity contribution in [2.75, 3.05) is 20.3 Å². The number of methoxy groups -OCH3 is 1. The lowest BCUT2D eigenvalue weighted by Crippen LogP contribution is -2.47. The third kappa shape index (κ3) is 4.67. The summed E-state index contributed by atoms with van der Waals surface area (Å²) in [4.78, 5) is 0. The highest BCUT2D eigenvalue weighted by Crippen LogP contribution is 2.21. The van der Waals surface area contributed by atoms with Crippen molar-refractivity contribution >= 4 is 0 Å². The zero-order valence-electron chi connectivity index (χ0n) is 13.3. The van der Waals surface area contributed by atoms with Crippen molar-refractivity contribution in [3.63, 3.8) is 0 Å². The molecule has 0 bridgehead atoms. The molecule has 0 aliphatic heterocycles. The lowest BCUT2D eigenvalue weighted by Gasteiger charge is -2.32. The number of hydrogen-bond acceptors (Lipinski definition) is 3. The van der Waals surface area contributed by atoms with Gasteiger partial charge >= 0.3 is 0 Å². The lowest BCUT2D eigenvalue weighted by atomic mass is 9.92. The Morgan fingerprint density at radius 3 is 2.23 bits per heavy atom. The van der Waals surface area contributed by atoms with Gasteiger partial charge in [0.05, 0.1) is 18.2 Å². The molecule has 0 aliphatic carbocycles. The normalized spacial score (nSPS) is 15.2. The Balaban J connectivity index is 1.97. The zero-order chi connectivity index (χ0) is 15.8. The van der Waals surface area contributed by atoms with Gasteiger partial charge in [-0.1, -0.05) is 60.7 Å². The first-order valence-electron chi connectivity index (χ1n) is 7.65. The molecule has 0 amide bonds. The maximum atomic E-state index is 10.3. The van der Waals surface area contributed by atoms with Gasteiger partial charge in [-0.3, -0.25) is 0 Å². The van der Waals surface area contributed by atoms with Crippen LogP contribution in [0.1, 0.15) is 18.1 Å². The van der Waals surface area contributed by atoms with Gasteiger partial charge < -0.3 is 15.2 Å². The fraction of sp³-hybridized carbons (Fsp3) is 0.368. The van der Waals surface area contributed by atoms with Gasteiger partial charge in [-0.15, -0.1) is 0 Å². The van der Waals surface area contributed by atoms with E-state index >= 15 is 0 Å². The molecule has 0 radical (unpaired) electrons. The Morgan fingerprint density at radius 1 is 1.05 bits per heavy atom. The zero-order valence-corrected chi connectivity index (χ0v) is 13.3. The number of ether oxygens (including phenoxy) is 1. The Kier molecular flexibility index (Phi) is 6.13. The molecule has 2 aromatic rings. The molecule has 0 heterocycles. The average molecular weight is 299 g/mol. The van der Waals surface area contributed by atoms with Crippen LogP contribution in [0.5, 0.6) is 0 Å². The van der Waals surface area contributed by atoms with Crippen LogP contribution in [-0.4, -0.2) is 31.5 Å². The van der Waals surface area contributed by atoms with Crippen LogP contribution in [0.3, 0.4) is 0 Å². The molecule has 0 aromatic heterocycles. The van der Waals surface area contributed by atoms with E-state index in [2.05, 4.69) is 24.4 Å².